The molecule has 3 heteroatoms. The highest BCUT2D eigenvalue weighted by Crippen LogP contribution is 2.22. The Morgan fingerprint density at radius 3 is 3.06 bits per heavy atom. The second-order valence-corrected chi connectivity index (χ2v) is 4.49. The molecule has 2 rings (SSSR count). The fourth-order valence-corrected chi connectivity index (χ4v) is 2.29. The first-order chi connectivity index (χ1) is 7.65. The van der Waals surface area contributed by atoms with Gasteiger partial charge in [-0.25, -0.2) is 0 Å². The molecule has 0 saturated heterocycles. The minimum Gasteiger partial charge on any atom is -0.480 e. The molecular formula is C13H17NO2. The molecule has 3 nitrogen and oxygen atoms in total. The van der Waals surface area contributed by atoms with E-state index in [2.05, 4.69) is 30.4 Å². The quantitative estimate of drug-likeness (QED) is 0.810. The van der Waals surface area contributed by atoms with Gasteiger partial charge in [-0.1, -0.05) is 23.8 Å². The van der Waals surface area contributed by atoms with Gasteiger partial charge in [0.05, 0.1) is 6.54 Å². The summed E-state index contributed by atoms with van der Waals surface area (Å²) >= 11 is 0. The predicted molar refractivity (Wildman–Crippen MR) is 62.6 cm³/mol. The molecular weight excluding hydrogens is 202 g/mol. The molecule has 0 aliphatic heterocycles. The number of hydrogen-bond acceptors (Lipinski definition) is 2. The normalized spacial score (nSPS) is 19.2. The smallest absolute Gasteiger partial charge is 0.317 e. The van der Waals surface area contributed by atoms with Crippen LogP contribution in [-0.4, -0.2) is 23.7 Å². The van der Waals surface area contributed by atoms with Crippen LogP contribution < -0.4 is 5.32 Å². The van der Waals surface area contributed by atoms with Crippen molar-refractivity contribution in [2.45, 2.75) is 32.2 Å². The van der Waals surface area contributed by atoms with E-state index in [1.165, 1.54) is 16.7 Å². The molecule has 1 aromatic rings. The number of benzene rings is 1. The van der Waals surface area contributed by atoms with Crippen LogP contribution in [0, 0.1) is 6.92 Å². The number of carboxylic acids is 1. The summed E-state index contributed by atoms with van der Waals surface area (Å²) in [4.78, 5) is 10.5. The Morgan fingerprint density at radius 2 is 2.31 bits per heavy atom. The Balaban J connectivity index is 2.01. The van der Waals surface area contributed by atoms with Gasteiger partial charge >= 0.3 is 5.97 Å². The summed E-state index contributed by atoms with van der Waals surface area (Å²) in [6.45, 7) is 2.17. The number of carbonyl (C=O) groups is 1. The fraction of sp³-hybridized carbons (Fsp3) is 0.462. The van der Waals surface area contributed by atoms with Gasteiger partial charge in [0, 0.05) is 6.04 Å². The Kier molecular flexibility index (Phi) is 3.25. The van der Waals surface area contributed by atoms with Crippen molar-refractivity contribution in [3.63, 3.8) is 0 Å². The zero-order chi connectivity index (χ0) is 11.5. The zero-order valence-corrected chi connectivity index (χ0v) is 9.49. The average Bonchev–Trinajstić information content (AvgIpc) is 2.26. The van der Waals surface area contributed by atoms with Gasteiger partial charge in [0.25, 0.3) is 0 Å². The summed E-state index contributed by atoms with van der Waals surface area (Å²) in [6.07, 6.45) is 3.03. The Hall–Kier alpha value is -1.35. The standard InChI is InChI=1S/C13H17NO2/c1-9-2-3-11-7-12(14-8-13(15)16)5-4-10(11)6-9/h2-3,6,12,14H,4-5,7-8H2,1H3,(H,15,16). The summed E-state index contributed by atoms with van der Waals surface area (Å²) in [7, 11) is 0. The third-order valence-electron chi connectivity index (χ3n) is 3.13. The van der Waals surface area contributed by atoms with Crippen molar-refractivity contribution in [2.75, 3.05) is 6.54 Å². The van der Waals surface area contributed by atoms with Gasteiger partial charge in [-0.2, -0.15) is 0 Å². The molecule has 0 saturated carbocycles. The summed E-state index contributed by atoms with van der Waals surface area (Å²) in [5.41, 5.74) is 4.09. The van der Waals surface area contributed by atoms with Crippen molar-refractivity contribution in [1.82, 2.24) is 5.32 Å². The molecule has 0 spiro atoms. The number of fused-ring (bicyclic) bond motifs is 1. The molecule has 0 heterocycles. The van der Waals surface area contributed by atoms with E-state index in [4.69, 9.17) is 5.11 Å². The van der Waals surface area contributed by atoms with E-state index in [-0.39, 0.29) is 6.54 Å². The van der Waals surface area contributed by atoms with E-state index >= 15 is 0 Å². The second kappa shape index (κ2) is 4.66. The molecule has 0 fully saturated rings. The number of carboxylic acid groups (broad SMARTS) is 1. The van der Waals surface area contributed by atoms with Gasteiger partial charge in [0.15, 0.2) is 0 Å². The lowest BCUT2D eigenvalue weighted by Crippen LogP contribution is -2.37. The summed E-state index contributed by atoms with van der Waals surface area (Å²) < 4.78 is 0. The molecule has 0 radical (unpaired) electrons. The van der Waals surface area contributed by atoms with Gasteiger partial charge in [-0.3, -0.25) is 4.79 Å². The van der Waals surface area contributed by atoms with Gasteiger partial charge in [0.2, 0.25) is 0 Å². The van der Waals surface area contributed by atoms with Gasteiger partial charge in [-0.15, -0.1) is 0 Å². The summed E-state index contributed by atoms with van der Waals surface area (Å²) in [6, 6.07) is 6.84. The van der Waals surface area contributed by atoms with E-state index in [1.54, 1.807) is 0 Å². The van der Waals surface area contributed by atoms with E-state index < -0.39 is 5.97 Å². The largest absolute Gasteiger partial charge is 0.480 e. The molecule has 1 aliphatic carbocycles. The van der Waals surface area contributed by atoms with Crippen LogP contribution in [0.15, 0.2) is 18.2 Å². The lowest BCUT2D eigenvalue weighted by molar-refractivity contribution is -0.136. The maximum Gasteiger partial charge on any atom is 0.317 e. The van der Waals surface area contributed by atoms with E-state index in [1.807, 2.05) is 0 Å². The number of nitrogens with one attached hydrogen (secondary N) is 1. The molecule has 1 aliphatic rings. The highest BCUT2D eigenvalue weighted by molar-refractivity contribution is 5.69. The van der Waals surface area contributed by atoms with Crippen LogP contribution in [-0.2, 0) is 17.6 Å². The Morgan fingerprint density at radius 1 is 1.50 bits per heavy atom. The fourth-order valence-electron chi connectivity index (χ4n) is 2.29. The summed E-state index contributed by atoms with van der Waals surface area (Å²) in [5, 5.41) is 11.7. The monoisotopic (exact) mass is 219 g/mol. The molecule has 0 bridgehead atoms. The minimum atomic E-state index is -0.783. The molecule has 0 aromatic heterocycles. The van der Waals surface area contributed by atoms with Crippen LogP contribution in [0.1, 0.15) is 23.1 Å². The maximum absolute atomic E-state index is 10.5. The van der Waals surface area contributed by atoms with Crippen LogP contribution in [0.5, 0.6) is 0 Å². The average molecular weight is 219 g/mol. The van der Waals surface area contributed by atoms with Crippen LogP contribution in [0.4, 0.5) is 0 Å². The molecule has 86 valence electrons. The lowest BCUT2D eigenvalue weighted by Gasteiger charge is -2.25. The first-order valence-electron chi connectivity index (χ1n) is 5.69. The van der Waals surface area contributed by atoms with Crippen molar-refractivity contribution in [3.8, 4) is 0 Å². The molecule has 16 heavy (non-hydrogen) atoms. The zero-order valence-electron chi connectivity index (χ0n) is 9.49. The number of hydrogen-bond donors (Lipinski definition) is 2. The molecule has 2 N–H and O–H groups in total. The highest BCUT2D eigenvalue weighted by atomic mass is 16.4. The van der Waals surface area contributed by atoms with Gasteiger partial charge in [0.1, 0.15) is 0 Å². The number of aryl methyl sites for hydroxylation is 2. The van der Waals surface area contributed by atoms with Crippen LogP contribution in [0.2, 0.25) is 0 Å². The van der Waals surface area contributed by atoms with Gasteiger partial charge in [-0.05, 0) is 37.3 Å². The third-order valence-corrected chi connectivity index (χ3v) is 3.13. The van der Waals surface area contributed by atoms with Crippen LogP contribution >= 0.6 is 0 Å². The van der Waals surface area contributed by atoms with Crippen molar-refractivity contribution < 1.29 is 9.90 Å². The Bertz CT molecular complexity index is 401. The van der Waals surface area contributed by atoms with Crippen molar-refractivity contribution in [2.24, 2.45) is 0 Å². The maximum atomic E-state index is 10.5. The molecule has 1 atom stereocenters. The summed E-state index contributed by atoms with van der Waals surface area (Å²) in [5.74, 6) is -0.783. The minimum absolute atomic E-state index is 0.0614. The molecule has 1 unspecified atom stereocenters. The van der Waals surface area contributed by atoms with Crippen LogP contribution in [0.3, 0.4) is 0 Å². The highest BCUT2D eigenvalue weighted by Gasteiger charge is 2.18. The van der Waals surface area contributed by atoms with E-state index in [9.17, 15) is 4.79 Å². The van der Waals surface area contributed by atoms with Crippen molar-refractivity contribution >= 4 is 5.97 Å². The SMILES string of the molecule is Cc1ccc2c(c1)CCC(NCC(=O)O)C2. The van der Waals surface area contributed by atoms with Gasteiger partial charge < -0.3 is 10.4 Å². The molecule has 0 amide bonds. The number of rotatable bonds is 3. The third kappa shape index (κ3) is 2.61. The molecule has 1 aromatic carbocycles. The van der Waals surface area contributed by atoms with Crippen LogP contribution in [0.25, 0.3) is 0 Å². The first kappa shape index (κ1) is 11.1. The topological polar surface area (TPSA) is 49.3 Å². The second-order valence-electron chi connectivity index (χ2n) is 4.49. The Labute approximate surface area is 95.5 Å². The van der Waals surface area contributed by atoms with E-state index in [0.717, 1.165) is 19.3 Å². The number of aliphatic carboxylic acids is 1. The van der Waals surface area contributed by atoms with Crippen molar-refractivity contribution in [3.05, 3.63) is 34.9 Å². The van der Waals surface area contributed by atoms with Crippen molar-refractivity contribution in [1.29, 1.82) is 0 Å². The predicted octanol–water partition coefficient (Wildman–Crippen LogP) is 1.53. The lowest BCUT2D eigenvalue weighted by atomic mass is 9.87. The van der Waals surface area contributed by atoms with E-state index in [0.29, 0.717) is 6.04 Å². The first-order valence-corrected chi connectivity index (χ1v) is 5.69.